The number of nitrogens with two attached hydrogens (primary N) is 2. The normalized spacial score (nSPS) is 12.8. The fraction of sp³-hybridized carbons (Fsp3) is 0.880. The lowest BCUT2D eigenvalue weighted by Crippen LogP contribution is -2.51. The molecule has 188 valence electrons. The molecule has 0 unspecified atom stereocenters. The number of primary amides is 1. The quantitative estimate of drug-likeness (QED) is 0.184. The molecular formula is C25H50N4O3. The first kappa shape index (κ1) is 30.4. The molecule has 0 aromatic heterocycles. The summed E-state index contributed by atoms with van der Waals surface area (Å²) in [5.41, 5.74) is 10.7. The Labute approximate surface area is 196 Å². The van der Waals surface area contributed by atoms with Crippen LogP contribution < -0.4 is 22.1 Å². The van der Waals surface area contributed by atoms with Gasteiger partial charge in [-0.25, -0.2) is 0 Å². The van der Waals surface area contributed by atoms with Crippen molar-refractivity contribution in [3.05, 3.63) is 0 Å². The summed E-state index contributed by atoms with van der Waals surface area (Å²) in [6, 6.07) is -1.42. The van der Waals surface area contributed by atoms with E-state index in [1.165, 1.54) is 71.1 Å². The molecule has 0 aromatic carbocycles. The number of unbranched alkanes of at least 4 members (excludes halogenated alkanes) is 13. The highest BCUT2D eigenvalue weighted by atomic mass is 16.2. The fourth-order valence-electron chi connectivity index (χ4n) is 3.72. The first-order valence-corrected chi connectivity index (χ1v) is 13.0. The average Bonchev–Trinajstić information content (AvgIpc) is 2.76. The van der Waals surface area contributed by atoms with Crippen LogP contribution >= 0.6 is 0 Å². The highest BCUT2D eigenvalue weighted by Crippen LogP contribution is 2.13. The van der Waals surface area contributed by atoms with Crippen molar-refractivity contribution in [2.75, 3.05) is 6.54 Å². The largest absolute Gasteiger partial charge is 0.368 e. The molecule has 0 radical (unpaired) electrons. The van der Waals surface area contributed by atoms with E-state index >= 15 is 0 Å². The second-order valence-corrected chi connectivity index (χ2v) is 9.03. The molecule has 0 aliphatic carbocycles. The molecule has 7 nitrogen and oxygen atoms in total. The number of amides is 3. The van der Waals surface area contributed by atoms with Gasteiger partial charge < -0.3 is 22.1 Å². The van der Waals surface area contributed by atoms with E-state index < -0.39 is 18.0 Å². The molecule has 0 bridgehead atoms. The number of carbonyl (C=O) groups excluding carboxylic acids is 3. The molecule has 0 spiro atoms. The zero-order chi connectivity index (χ0) is 24.0. The van der Waals surface area contributed by atoms with Crippen LogP contribution in [0.3, 0.4) is 0 Å². The Morgan fingerprint density at radius 1 is 0.719 bits per heavy atom. The van der Waals surface area contributed by atoms with Crippen molar-refractivity contribution in [2.45, 2.75) is 135 Å². The van der Waals surface area contributed by atoms with Crippen LogP contribution in [0.5, 0.6) is 0 Å². The van der Waals surface area contributed by atoms with Gasteiger partial charge in [0.2, 0.25) is 17.7 Å². The zero-order valence-corrected chi connectivity index (χ0v) is 20.8. The van der Waals surface area contributed by atoms with Gasteiger partial charge in [0, 0.05) is 6.42 Å². The summed E-state index contributed by atoms with van der Waals surface area (Å²) in [5, 5.41) is 5.39. The molecule has 0 heterocycles. The minimum absolute atomic E-state index is 0.118. The monoisotopic (exact) mass is 454 g/mol. The number of carbonyl (C=O) groups is 3. The number of rotatable bonds is 22. The van der Waals surface area contributed by atoms with E-state index in [4.69, 9.17) is 11.5 Å². The first-order chi connectivity index (χ1) is 15.4. The molecule has 0 aliphatic rings. The molecular weight excluding hydrogens is 404 g/mol. The van der Waals surface area contributed by atoms with Gasteiger partial charge in [0.25, 0.3) is 0 Å². The van der Waals surface area contributed by atoms with Gasteiger partial charge in [-0.3, -0.25) is 14.4 Å². The Bertz CT molecular complexity index is 500. The zero-order valence-electron chi connectivity index (χ0n) is 20.8. The highest BCUT2D eigenvalue weighted by Gasteiger charge is 2.23. The van der Waals surface area contributed by atoms with Crippen molar-refractivity contribution in [1.29, 1.82) is 0 Å². The van der Waals surface area contributed by atoms with Crippen molar-refractivity contribution in [3.8, 4) is 0 Å². The molecule has 0 rings (SSSR count). The number of hydrogen-bond donors (Lipinski definition) is 4. The van der Waals surface area contributed by atoms with E-state index in [0.717, 1.165) is 32.1 Å². The SMILES string of the molecule is CCCCCCCCCCCCCCCC(=O)N[C@@H](CCCCN)C(=O)N[C@@H](C)C(N)=O. The molecule has 32 heavy (non-hydrogen) atoms. The van der Waals surface area contributed by atoms with Crippen molar-refractivity contribution < 1.29 is 14.4 Å². The van der Waals surface area contributed by atoms with E-state index in [0.29, 0.717) is 19.4 Å². The second-order valence-electron chi connectivity index (χ2n) is 9.03. The molecule has 2 atom stereocenters. The van der Waals surface area contributed by atoms with Gasteiger partial charge in [-0.1, -0.05) is 84.0 Å². The molecule has 3 amide bonds. The predicted molar refractivity (Wildman–Crippen MR) is 132 cm³/mol. The molecule has 7 heteroatoms. The van der Waals surface area contributed by atoms with Crippen LogP contribution in [0.2, 0.25) is 0 Å². The highest BCUT2D eigenvalue weighted by molar-refractivity contribution is 5.91. The van der Waals surface area contributed by atoms with Crippen LogP contribution in [0, 0.1) is 0 Å². The van der Waals surface area contributed by atoms with Gasteiger partial charge in [-0.15, -0.1) is 0 Å². The van der Waals surface area contributed by atoms with Crippen LogP contribution in [0.4, 0.5) is 0 Å². The van der Waals surface area contributed by atoms with E-state index in [1.54, 1.807) is 0 Å². The van der Waals surface area contributed by atoms with E-state index in [1.807, 2.05) is 0 Å². The second kappa shape index (κ2) is 21.2. The number of hydrogen-bond acceptors (Lipinski definition) is 4. The van der Waals surface area contributed by atoms with Gasteiger partial charge in [-0.05, 0) is 39.2 Å². The topological polar surface area (TPSA) is 127 Å². The summed E-state index contributed by atoms with van der Waals surface area (Å²) in [4.78, 5) is 35.9. The van der Waals surface area contributed by atoms with Gasteiger partial charge in [0.1, 0.15) is 12.1 Å². The summed E-state index contributed by atoms with van der Waals surface area (Å²) in [6.07, 6.45) is 18.8. The van der Waals surface area contributed by atoms with Gasteiger partial charge in [0.15, 0.2) is 0 Å². The van der Waals surface area contributed by atoms with Crippen molar-refractivity contribution in [1.82, 2.24) is 10.6 Å². The van der Waals surface area contributed by atoms with E-state index in [9.17, 15) is 14.4 Å². The lowest BCUT2D eigenvalue weighted by molar-refractivity contribution is -0.131. The van der Waals surface area contributed by atoms with Gasteiger partial charge >= 0.3 is 0 Å². The van der Waals surface area contributed by atoms with Crippen LogP contribution in [0.25, 0.3) is 0 Å². The third-order valence-corrected chi connectivity index (χ3v) is 5.89. The molecule has 0 aromatic rings. The maximum Gasteiger partial charge on any atom is 0.243 e. The molecule has 0 aliphatic heterocycles. The lowest BCUT2D eigenvalue weighted by Gasteiger charge is -2.20. The maximum atomic E-state index is 12.4. The Morgan fingerprint density at radius 3 is 1.69 bits per heavy atom. The van der Waals surface area contributed by atoms with Crippen LogP contribution in [-0.4, -0.2) is 36.3 Å². The lowest BCUT2D eigenvalue weighted by atomic mass is 10.0. The predicted octanol–water partition coefficient (Wildman–Crippen LogP) is 4.07. The Morgan fingerprint density at radius 2 is 1.22 bits per heavy atom. The van der Waals surface area contributed by atoms with Gasteiger partial charge in [0.05, 0.1) is 0 Å². The third-order valence-electron chi connectivity index (χ3n) is 5.89. The molecule has 0 saturated carbocycles. The summed E-state index contributed by atoms with van der Waals surface area (Å²) in [6.45, 7) is 4.33. The van der Waals surface area contributed by atoms with E-state index in [2.05, 4.69) is 17.6 Å². The summed E-state index contributed by atoms with van der Waals surface area (Å²) < 4.78 is 0. The minimum atomic E-state index is -0.766. The van der Waals surface area contributed by atoms with Crippen LogP contribution in [0.15, 0.2) is 0 Å². The molecule has 0 fully saturated rings. The molecule has 0 saturated heterocycles. The first-order valence-electron chi connectivity index (χ1n) is 13.0. The summed E-state index contributed by atoms with van der Waals surface area (Å²) >= 11 is 0. The molecule has 6 N–H and O–H groups in total. The van der Waals surface area contributed by atoms with Crippen LogP contribution in [-0.2, 0) is 14.4 Å². The third kappa shape index (κ3) is 18.0. The summed E-state index contributed by atoms with van der Waals surface area (Å²) in [5.74, 6) is -1.09. The Kier molecular flexibility index (Phi) is 20.1. The standard InChI is InChI=1S/C25H50N4O3/c1-3-4-5-6-7-8-9-10-11-12-13-14-15-19-23(30)29-22(18-16-17-20-26)25(32)28-21(2)24(27)31/h21-22H,3-20,26H2,1-2H3,(H2,27,31)(H,28,32)(H,29,30)/t21-,22-/m0/s1. The maximum absolute atomic E-state index is 12.4. The van der Waals surface area contributed by atoms with E-state index in [-0.39, 0.29) is 11.8 Å². The fourth-order valence-corrected chi connectivity index (χ4v) is 3.72. The van der Waals surface area contributed by atoms with Crippen molar-refractivity contribution in [2.24, 2.45) is 11.5 Å². The van der Waals surface area contributed by atoms with Crippen molar-refractivity contribution in [3.63, 3.8) is 0 Å². The Hall–Kier alpha value is -1.63. The number of nitrogens with one attached hydrogen (secondary N) is 2. The van der Waals surface area contributed by atoms with Gasteiger partial charge in [-0.2, -0.15) is 0 Å². The van der Waals surface area contributed by atoms with Crippen molar-refractivity contribution >= 4 is 17.7 Å². The smallest absolute Gasteiger partial charge is 0.243 e. The average molecular weight is 455 g/mol. The van der Waals surface area contributed by atoms with Crippen LogP contribution in [0.1, 0.15) is 123 Å². The Balaban J connectivity index is 3.93. The minimum Gasteiger partial charge on any atom is -0.368 e. The summed E-state index contributed by atoms with van der Waals surface area (Å²) in [7, 11) is 0.